The second kappa shape index (κ2) is 5.46. The van der Waals surface area contributed by atoms with E-state index in [1.54, 1.807) is 12.1 Å². The SMILES string of the molecule is Cc1ccc(S(=O)(=O)n2c3ccc(C)cc3c3cc(C)ccc32)cc1. The van der Waals surface area contributed by atoms with E-state index in [4.69, 9.17) is 0 Å². The molecule has 0 N–H and O–H groups in total. The molecule has 0 unspecified atom stereocenters. The molecule has 4 heteroatoms. The Morgan fingerprint density at radius 1 is 0.640 bits per heavy atom. The first-order valence-electron chi connectivity index (χ1n) is 8.21. The van der Waals surface area contributed by atoms with Gasteiger partial charge in [0.25, 0.3) is 10.0 Å². The highest BCUT2D eigenvalue weighted by molar-refractivity contribution is 7.90. The van der Waals surface area contributed by atoms with Crippen LogP contribution in [0.2, 0.25) is 0 Å². The van der Waals surface area contributed by atoms with Gasteiger partial charge in [-0.1, -0.05) is 41.0 Å². The van der Waals surface area contributed by atoms with Gasteiger partial charge < -0.3 is 0 Å². The van der Waals surface area contributed by atoms with Crippen LogP contribution in [0.3, 0.4) is 0 Å². The molecule has 25 heavy (non-hydrogen) atoms. The maximum absolute atomic E-state index is 13.4. The summed E-state index contributed by atoms with van der Waals surface area (Å²) in [6, 6.07) is 18.8. The van der Waals surface area contributed by atoms with Crippen LogP contribution in [0.25, 0.3) is 21.8 Å². The van der Waals surface area contributed by atoms with E-state index in [0.717, 1.165) is 27.5 Å². The first-order valence-corrected chi connectivity index (χ1v) is 9.65. The summed E-state index contributed by atoms with van der Waals surface area (Å²) in [5.41, 5.74) is 4.69. The molecule has 0 saturated heterocycles. The minimum Gasteiger partial charge on any atom is -0.233 e. The monoisotopic (exact) mass is 349 g/mol. The smallest absolute Gasteiger partial charge is 0.233 e. The molecule has 0 saturated carbocycles. The van der Waals surface area contributed by atoms with Crippen LogP contribution in [0.4, 0.5) is 0 Å². The van der Waals surface area contributed by atoms with Gasteiger partial charge in [-0.05, 0) is 57.2 Å². The third-order valence-corrected chi connectivity index (χ3v) is 6.33. The summed E-state index contributed by atoms with van der Waals surface area (Å²) in [5, 5.41) is 1.93. The molecule has 0 atom stereocenters. The van der Waals surface area contributed by atoms with Crippen molar-refractivity contribution in [2.75, 3.05) is 0 Å². The van der Waals surface area contributed by atoms with E-state index in [9.17, 15) is 8.42 Å². The first kappa shape index (κ1) is 15.9. The Morgan fingerprint density at radius 3 is 1.56 bits per heavy atom. The molecular formula is C21H19NO2S. The van der Waals surface area contributed by atoms with Crippen molar-refractivity contribution in [3.8, 4) is 0 Å². The van der Waals surface area contributed by atoms with Gasteiger partial charge in [-0.2, -0.15) is 0 Å². The van der Waals surface area contributed by atoms with Crippen LogP contribution in [-0.4, -0.2) is 12.4 Å². The van der Waals surface area contributed by atoms with Crippen LogP contribution in [0.5, 0.6) is 0 Å². The highest BCUT2D eigenvalue weighted by atomic mass is 32.2. The molecule has 3 aromatic carbocycles. The average Bonchev–Trinajstić information content (AvgIpc) is 2.89. The summed E-state index contributed by atoms with van der Waals surface area (Å²) in [5.74, 6) is 0. The van der Waals surface area contributed by atoms with Crippen molar-refractivity contribution in [3.63, 3.8) is 0 Å². The zero-order chi connectivity index (χ0) is 17.8. The minimum absolute atomic E-state index is 0.304. The van der Waals surface area contributed by atoms with Crippen molar-refractivity contribution in [1.29, 1.82) is 0 Å². The summed E-state index contributed by atoms with van der Waals surface area (Å²) in [6.07, 6.45) is 0. The normalized spacial score (nSPS) is 12.1. The van der Waals surface area contributed by atoms with E-state index in [0.29, 0.717) is 15.9 Å². The van der Waals surface area contributed by atoms with Crippen molar-refractivity contribution in [1.82, 2.24) is 3.97 Å². The number of fused-ring (bicyclic) bond motifs is 3. The molecule has 0 amide bonds. The van der Waals surface area contributed by atoms with E-state index in [-0.39, 0.29) is 0 Å². The fourth-order valence-corrected chi connectivity index (χ4v) is 4.82. The number of hydrogen-bond acceptors (Lipinski definition) is 2. The van der Waals surface area contributed by atoms with Crippen molar-refractivity contribution >= 4 is 31.8 Å². The van der Waals surface area contributed by atoms with E-state index in [1.807, 2.05) is 57.2 Å². The maximum atomic E-state index is 13.4. The van der Waals surface area contributed by atoms with Crippen LogP contribution in [0, 0.1) is 20.8 Å². The quantitative estimate of drug-likeness (QED) is 0.513. The lowest BCUT2D eigenvalue weighted by molar-refractivity contribution is 0.590. The number of nitrogens with zero attached hydrogens (tertiary/aromatic N) is 1. The Morgan fingerprint density at radius 2 is 1.08 bits per heavy atom. The number of hydrogen-bond donors (Lipinski definition) is 0. The lowest BCUT2D eigenvalue weighted by atomic mass is 10.1. The van der Waals surface area contributed by atoms with Crippen LogP contribution in [0.1, 0.15) is 16.7 Å². The van der Waals surface area contributed by atoms with E-state index in [1.165, 1.54) is 3.97 Å². The Balaban J connectivity index is 2.14. The van der Waals surface area contributed by atoms with Gasteiger partial charge in [-0.25, -0.2) is 12.4 Å². The molecule has 0 radical (unpaired) electrons. The summed E-state index contributed by atoms with van der Waals surface area (Å²) >= 11 is 0. The Labute approximate surface area is 147 Å². The lowest BCUT2D eigenvalue weighted by Crippen LogP contribution is -2.12. The maximum Gasteiger partial charge on any atom is 0.268 e. The molecule has 3 nitrogen and oxygen atoms in total. The lowest BCUT2D eigenvalue weighted by Gasteiger charge is -2.10. The zero-order valence-corrected chi connectivity index (χ0v) is 15.3. The summed E-state index contributed by atoms with van der Waals surface area (Å²) in [7, 11) is -3.67. The van der Waals surface area contributed by atoms with Crippen LogP contribution >= 0.6 is 0 Å². The van der Waals surface area contributed by atoms with Gasteiger partial charge in [0.15, 0.2) is 0 Å². The number of benzene rings is 3. The van der Waals surface area contributed by atoms with Gasteiger partial charge in [0.05, 0.1) is 15.9 Å². The summed E-state index contributed by atoms with van der Waals surface area (Å²) in [6.45, 7) is 5.99. The first-order chi connectivity index (χ1) is 11.9. The van der Waals surface area contributed by atoms with Crippen LogP contribution < -0.4 is 0 Å². The molecule has 0 aliphatic heterocycles. The second-order valence-corrected chi connectivity index (χ2v) is 8.41. The van der Waals surface area contributed by atoms with Gasteiger partial charge in [-0.3, -0.25) is 0 Å². The molecule has 4 rings (SSSR count). The Kier molecular flexibility index (Phi) is 3.48. The van der Waals surface area contributed by atoms with E-state index < -0.39 is 10.0 Å². The number of aryl methyl sites for hydroxylation is 3. The Hall–Kier alpha value is -2.59. The molecule has 126 valence electrons. The Bertz CT molecular complexity index is 1160. The van der Waals surface area contributed by atoms with Crippen molar-refractivity contribution < 1.29 is 8.42 Å². The minimum atomic E-state index is -3.67. The molecule has 0 fully saturated rings. The van der Waals surface area contributed by atoms with Crippen molar-refractivity contribution in [3.05, 3.63) is 77.4 Å². The van der Waals surface area contributed by atoms with Gasteiger partial charge in [-0.15, -0.1) is 0 Å². The molecule has 4 aromatic rings. The van der Waals surface area contributed by atoms with Crippen molar-refractivity contribution in [2.45, 2.75) is 25.7 Å². The highest BCUT2D eigenvalue weighted by Crippen LogP contribution is 2.33. The fourth-order valence-electron chi connectivity index (χ4n) is 3.29. The topological polar surface area (TPSA) is 39.1 Å². The van der Waals surface area contributed by atoms with Gasteiger partial charge >= 0.3 is 0 Å². The third-order valence-electron chi connectivity index (χ3n) is 4.59. The largest absolute Gasteiger partial charge is 0.268 e. The summed E-state index contributed by atoms with van der Waals surface area (Å²) in [4.78, 5) is 0.304. The van der Waals surface area contributed by atoms with E-state index >= 15 is 0 Å². The number of aromatic nitrogens is 1. The predicted molar refractivity (Wildman–Crippen MR) is 103 cm³/mol. The third kappa shape index (κ3) is 2.45. The predicted octanol–water partition coefficient (Wildman–Crippen LogP) is 4.96. The standard InChI is InChI=1S/C21H19NO2S/c1-14-4-8-17(9-5-14)25(23,24)22-20-10-6-15(2)12-18(20)19-13-16(3)7-11-21(19)22/h4-13H,1-3H3. The molecular weight excluding hydrogens is 330 g/mol. The average molecular weight is 349 g/mol. The number of rotatable bonds is 2. The van der Waals surface area contributed by atoms with Crippen LogP contribution in [0.15, 0.2) is 65.6 Å². The van der Waals surface area contributed by atoms with Gasteiger partial charge in [0, 0.05) is 10.8 Å². The summed E-state index contributed by atoms with van der Waals surface area (Å²) < 4.78 is 28.2. The molecule has 1 heterocycles. The van der Waals surface area contributed by atoms with Crippen molar-refractivity contribution in [2.24, 2.45) is 0 Å². The second-order valence-electron chi connectivity index (χ2n) is 6.62. The molecule has 0 spiro atoms. The molecule has 0 bridgehead atoms. The van der Waals surface area contributed by atoms with Gasteiger partial charge in [0.1, 0.15) is 0 Å². The zero-order valence-electron chi connectivity index (χ0n) is 14.4. The molecule has 1 aromatic heterocycles. The van der Waals surface area contributed by atoms with Gasteiger partial charge in [0.2, 0.25) is 0 Å². The molecule has 0 aliphatic rings. The van der Waals surface area contributed by atoms with Crippen LogP contribution in [-0.2, 0) is 10.0 Å². The molecule has 0 aliphatic carbocycles. The highest BCUT2D eigenvalue weighted by Gasteiger charge is 2.23. The fraction of sp³-hybridized carbons (Fsp3) is 0.143. The van der Waals surface area contributed by atoms with E-state index in [2.05, 4.69) is 12.1 Å².